The summed E-state index contributed by atoms with van der Waals surface area (Å²) in [6.07, 6.45) is 3.59. The molecular formula is C23H33N3O3. The number of carbonyl (C=O) groups excluding carboxylic acids is 2. The summed E-state index contributed by atoms with van der Waals surface area (Å²) in [6, 6.07) is 10.9. The van der Waals surface area contributed by atoms with Crippen LogP contribution in [-0.4, -0.2) is 64.5 Å². The van der Waals surface area contributed by atoms with E-state index in [4.69, 9.17) is 4.74 Å². The highest BCUT2D eigenvalue weighted by Gasteiger charge is 2.46. The van der Waals surface area contributed by atoms with Crippen LogP contribution in [0.3, 0.4) is 0 Å². The van der Waals surface area contributed by atoms with Crippen LogP contribution in [0.2, 0.25) is 0 Å². The maximum absolute atomic E-state index is 13.5. The van der Waals surface area contributed by atoms with Crippen molar-refractivity contribution in [2.75, 3.05) is 26.2 Å². The third-order valence-corrected chi connectivity index (χ3v) is 6.32. The van der Waals surface area contributed by atoms with Crippen molar-refractivity contribution in [3.05, 3.63) is 35.9 Å². The molecule has 4 rings (SSSR count). The zero-order chi connectivity index (χ0) is 20.6. The average Bonchev–Trinajstić information content (AvgIpc) is 3.28. The highest BCUT2D eigenvalue weighted by molar-refractivity contribution is 5.80. The molecule has 3 saturated heterocycles. The maximum Gasteiger partial charge on any atom is 0.410 e. The summed E-state index contributed by atoms with van der Waals surface area (Å²) >= 11 is 0. The summed E-state index contributed by atoms with van der Waals surface area (Å²) in [5.74, 6) is 0.233. The molecule has 3 fully saturated rings. The van der Waals surface area contributed by atoms with Crippen molar-refractivity contribution in [1.29, 1.82) is 0 Å². The lowest BCUT2D eigenvalue weighted by molar-refractivity contribution is -0.139. The minimum absolute atomic E-state index is 0.0140. The molecule has 6 heteroatoms. The van der Waals surface area contributed by atoms with E-state index >= 15 is 0 Å². The zero-order valence-electron chi connectivity index (χ0n) is 17.8. The molecule has 0 spiro atoms. The summed E-state index contributed by atoms with van der Waals surface area (Å²) in [6.45, 7) is 8.69. The third-order valence-electron chi connectivity index (χ3n) is 6.32. The van der Waals surface area contributed by atoms with Crippen LogP contribution in [0.15, 0.2) is 30.3 Å². The van der Waals surface area contributed by atoms with Crippen LogP contribution in [0.5, 0.6) is 0 Å². The molecule has 2 atom stereocenters. The first-order valence-corrected chi connectivity index (χ1v) is 10.9. The van der Waals surface area contributed by atoms with Gasteiger partial charge < -0.3 is 14.5 Å². The first-order chi connectivity index (χ1) is 13.8. The summed E-state index contributed by atoms with van der Waals surface area (Å²) in [4.78, 5) is 32.2. The fourth-order valence-corrected chi connectivity index (χ4v) is 4.96. The number of hydrogen-bond donors (Lipinski definition) is 0. The first-order valence-electron chi connectivity index (χ1n) is 10.9. The summed E-state index contributed by atoms with van der Waals surface area (Å²) < 4.78 is 5.48. The molecule has 0 aromatic heterocycles. The monoisotopic (exact) mass is 399 g/mol. The summed E-state index contributed by atoms with van der Waals surface area (Å²) in [5, 5.41) is 0. The van der Waals surface area contributed by atoms with E-state index in [9.17, 15) is 9.59 Å². The molecule has 2 amide bonds. The maximum atomic E-state index is 13.5. The Morgan fingerprint density at radius 3 is 2.34 bits per heavy atom. The van der Waals surface area contributed by atoms with Crippen molar-refractivity contribution < 1.29 is 14.3 Å². The van der Waals surface area contributed by atoms with Crippen LogP contribution in [0.1, 0.15) is 58.2 Å². The second-order valence-corrected chi connectivity index (χ2v) is 9.55. The Morgan fingerprint density at radius 2 is 1.69 bits per heavy atom. The number of piperidine rings is 1. The highest BCUT2D eigenvalue weighted by atomic mass is 16.6. The lowest BCUT2D eigenvalue weighted by Gasteiger charge is -2.36. The van der Waals surface area contributed by atoms with Crippen LogP contribution in [0.25, 0.3) is 0 Å². The average molecular weight is 400 g/mol. The molecule has 0 N–H and O–H groups in total. The fraction of sp³-hybridized carbons (Fsp3) is 0.652. The van der Waals surface area contributed by atoms with Gasteiger partial charge in [0.2, 0.25) is 5.91 Å². The number of amides is 2. The van der Waals surface area contributed by atoms with Gasteiger partial charge in [-0.25, -0.2) is 4.79 Å². The predicted molar refractivity (Wildman–Crippen MR) is 111 cm³/mol. The second-order valence-electron chi connectivity index (χ2n) is 9.55. The minimum atomic E-state index is -0.492. The standard InChI is InChI=1S/C23H33N3O3/c1-23(2,3)29-22(28)24-14-11-18(12-15-24)21(27)26-16-19-10-7-13-25(19)20(26)17-8-5-4-6-9-17/h4-6,8-9,18-20H,7,10-16H2,1-3H3. The van der Waals surface area contributed by atoms with Crippen molar-refractivity contribution in [2.24, 2.45) is 5.92 Å². The molecule has 1 aromatic carbocycles. The van der Waals surface area contributed by atoms with Crippen molar-refractivity contribution in [3.8, 4) is 0 Å². The summed E-state index contributed by atoms with van der Waals surface area (Å²) in [7, 11) is 0. The Labute approximate surface area is 173 Å². The van der Waals surface area contributed by atoms with Crippen LogP contribution in [-0.2, 0) is 9.53 Å². The number of benzene rings is 1. The van der Waals surface area contributed by atoms with Gasteiger partial charge in [0.1, 0.15) is 11.8 Å². The van der Waals surface area contributed by atoms with Crippen molar-refractivity contribution >= 4 is 12.0 Å². The SMILES string of the molecule is CC(C)(C)OC(=O)N1CCC(C(=O)N2CC3CCCN3C2c2ccccc2)CC1. The van der Waals surface area contributed by atoms with Crippen molar-refractivity contribution in [2.45, 2.75) is 64.3 Å². The number of carbonyl (C=O) groups is 2. The van der Waals surface area contributed by atoms with Gasteiger partial charge in [0.25, 0.3) is 0 Å². The minimum Gasteiger partial charge on any atom is -0.444 e. The van der Waals surface area contributed by atoms with E-state index < -0.39 is 5.60 Å². The Bertz CT molecular complexity index is 737. The van der Waals surface area contributed by atoms with Gasteiger partial charge in [-0.05, 0) is 52.0 Å². The number of fused-ring (bicyclic) bond motifs is 1. The largest absolute Gasteiger partial charge is 0.444 e. The number of likely N-dealkylation sites (tertiary alicyclic amines) is 1. The molecule has 6 nitrogen and oxygen atoms in total. The van der Waals surface area contributed by atoms with E-state index in [1.807, 2.05) is 26.8 Å². The van der Waals surface area contributed by atoms with Gasteiger partial charge in [0, 0.05) is 38.1 Å². The molecule has 29 heavy (non-hydrogen) atoms. The van der Waals surface area contributed by atoms with E-state index in [-0.39, 0.29) is 24.1 Å². The molecule has 1 aromatic rings. The molecule has 3 aliphatic rings. The molecule has 3 heterocycles. The van der Waals surface area contributed by atoms with Crippen molar-refractivity contribution in [3.63, 3.8) is 0 Å². The van der Waals surface area contributed by atoms with E-state index in [0.717, 1.165) is 13.1 Å². The van der Waals surface area contributed by atoms with Gasteiger partial charge in [-0.1, -0.05) is 30.3 Å². The molecule has 158 valence electrons. The lowest BCUT2D eigenvalue weighted by atomic mass is 9.95. The van der Waals surface area contributed by atoms with E-state index in [1.165, 1.54) is 18.4 Å². The first kappa shape index (κ1) is 20.2. The number of ether oxygens (including phenoxy) is 1. The number of hydrogen-bond acceptors (Lipinski definition) is 4. The molecule has 0 bridgehead atoms. The third kappa shape index (κ3) is 4.27. The lowest BCUT2D eigenvalue weighted by Crippen LogP contribution is -2.46. The Hall–Kier alpha value is -2.08. The molecule has 3 aliphatic heterocycles. The highest BCUT2D eigenvalue weighted by Crippen LogP contribution is 2.40. The second kappa shape index (κ2) is 7.98. The fourth-order valence-electron chi connectivity index (χ4n) is 4.96. The van der Waals surface area contributed by atoms with Gasteiger partial charge in [0.15, 0.2) is 0 Å². The molecule has 0 radical (unpaired) electrons. The normalized spacial score (nSPS) is 25.9. The number of nitrogens with zero attached hydrogens (tertiary/aromatic N) is 3. The van der Waals surface area contributed by atoms with Crippen LogP contribution >= 0.6 is 0 Å². The topological polar surface area (TPSA) is 53.1 Å². The van der Waals surface area contributed by atoms with E-state index in [1.54, 1.807) is 4.90 Å². The Kier molecular flexibility index (Phi) is 5.56. The van der Waals surface area contributed by atoms with Crippen molar-refractivity contribution in [1.82, 2.24) is 14.7 Å². The smallest absolute Gasteiger partial charge is 0.410 e. The predicted octanol–water partition coefficient (Wildman–Crippen LogP) is 3.64. The van der Waals surface area contributed by atoms with Gasteiger partial charge in [-0.2, -0.15) is 0 Å². The van der Waals surface area contributed by atoms with Gasteiger partial charge in [-0.3, -0.25) is 9.69 Å². The molecule has 2 unspecified atom stereocenters. The summed E-state index contributed by atoms with van der Waals surface area (Å²) in [5.41, 5.74) is 0.713. The Morgan fingerprint density at radius 1 is 1.00 bits per heavy atom. The van der Waals surface area contributed by atoms with E-state index in [2.05, 4.69) is 34.1 Å². The van der Waals surface area contributed by atoms with E-state index in [0.29, 0.717) is 32.0 Å². The van der Waals surface area contributed by atoms with Gasteiger partial charge >= 0.3 is 6.09 Å². The van der Waals surface area contributed by atoms with Crippen LogP contribution in [0, 0.1) is 5.92 Å². The molecule has 0 saturated carbocycles. The quantitative estimate of drug-likeness (QED) is 0.762. The van der Waals surface area contributed by atoms with Crippen LogP contribution < -0.4 is 0 Å². The van der Waals surface area contributed by atoms with Crippen LogP contribution in [0.4, 0.5) is 4.79 Å². The van der Waals surface area contributed by atoms with Gasteiger partial charge in [-0.15, -0.1) is 0 Å². The molecule has 0 aliphatic carbocycles. The Balaban J connectivity index is 1.42. The van der Waals surface area contributed by atoms with Gasteiger partial charge in [0.05, 0.1) is 0 Å². The molecular weight excluding hydrogens is 366 g/mol. The number of rotatable bonds is 2. The zero-order valence-corrected chi connectivity index (χ0v) is 17.8.